The SMILES string of the molecule is CCN(CCO)c1cc(C(F)(F)F)ccn1. The summed E-state index contributed by atoms with van der Waals surface area (Å²) < 4.78 is 37.3. The van der Waals surface area contributed by atoms with E-state index in [0.29, 0.717) is 6.54 Å². The van der Waals surface area contributed by atoms with Crippen molar-refractivity contribution < 1.29 is 18.3 Å². The molecule has 0 radical (unpaired) electrons. The summed E-state index contributed by atoms with van der Waals surface area (Å²) in [5, 5.41) is 8.77. The van der Waals surface area contributed by atoms with Crippen molar-refractivity contribution in [2.45, 2.75) is 13.1 Å². The predicted octanol–water partition coefficient (Wildman–Crippen LogP) is 1.92. The lowest BCUT2D eigenvalue weighted by Gasteiger charge is -2.21. The zero-order valence-corrected chi connectivity index (χ0v) is 8.83. The number of likely N-dealkylation sites (N-methyl/N-ethyl adjacent to an activating group) is 1. The van der Waals surface area contributed by atoms with Crippen LogP contribution in [-0.4, -0.2) is 29.8 Å². The molecule has 1 N–H and O–H groups in total. The molecule has 1 aromatic rings. The molecule has 6 heteroatoms. The number of alkyl halides is 3. The maximum atomic E-state index is 12.4. The Kier molecular flexibility index (Phi) is 4.12. The number of aromatic nitrogens is 1. The molecular weight excluding hydrogens is 221 g/mol. The highest BCUT2D eigenvalue weighted by atomic mass is 19.4. The summed E-state index contributed by atoms with van der Waals surface area (Å²) >= 11 is 0. The van der Waals surface area contributed by atoms with E-state index in [1.807, 2.05) is 0 Å². The smallest absolute Gasteiger partial charge is 0.395 e. The summed E-state index contributed by atoms with van der Waals surface area (Å²) in [6.07, 6.45) is -3.24. The van der Waals surface area contributed by atoms with Crippen molar-refractivity contribution in [2.75, 3.05) is 24.6 Å². The number of aliphatic hydroxyl groups excluding tert-OH is 1. The molecule has 0 aromatic carbocycles. The molecule has 0 amide bonds. The minimum absolute atomic E-state index is 0.119. The average Bonchev–Trinajstić information content (AvgIpc) is 2.25. The van der Waals surface area contributed by atoms with Gasteiger partial charge in [0, 0.05) is 19.3 Å². The molecule has 3 nitrogen and oxygen atoms in total. The number of nitrogens with zero attached hydrogens (tertiary/aromatic N) is 2. The summed E-state index contributed by atoms with van der Waals surface area (Å²) in [6.45, 7) is 2.43. The van der Waals surface area contributed by atoms with Crippen LogP contribution in [0.5, 0.6) is 0 Å². The van der Waals surface area contributed by atoms with Crippen LogP contribution in [0.1, 0.15) is 12.5 Å². The van der Waals surface area contributed by atoms with Crippen LogP contribution in [0, 0.1) is 0 Å². The minimum atomic E-state index is -4.36. The Bertz CT molecular complexity index is 341. The van der Waals surface area contributed by atoms with Crippen LogP contribution in [-0.2, 0) is 6.18 Å². The van der Waals surface area contributed by atoms with Gasteiger partial charge in [-0.3, -0.25) is 0 Å². The Hall–Kier alpha value is -1.30. The van der Waals surface area contributed by atoms with Crippen molar-refractivity contribution in [1.29, 1.82) is 0 Å². The predicted molar refractivity (Wildman–Crippen MR) is 54.2 cm³/mol. The van der Waals surface area contributed by atoms with Crippen LogP contribution in [0.15, 0.2) is 18.3 Å². The second-order valence-corrected chi connectivity index (χ2v) is 3.20. The molecule has 0 aliphatic rings. The maximum absolute atomic E-state index is 12.4. The van der Waals surface area contributed by atoms with Crippen LogP contribution in [0.3, 0.4) is 0 Å². The summed E-state index contributed by atoms with van der Waals surface area (Å²) in [4.78, 5) is 5.44. The number of hydrogen-bond acceptors (Lipinski definition) is 3. The third-order valence-electron chi connectivity index (χ3n) is 2.15. The van der Waals surface area contributed by atoms with Crippen molar-refractivity contribution in [3.8, 4) is 0 Å². The first-order valence-corrected chi connectivity index (χ1v) is 4.88. The monoisotopic (exact) mass is 234 g/mol. The van der Waals surface area contributed by atoms with E-state index in [0.717, 1.165) is 18.3 Å². The fourth-order valence-electron chi connectivity index (χ4n) is 1.32. The fraction of sp³-hybridized carbons (Fsp3) is 0.500. The average molecular weight is 234 g/mol. The van der Waals surface area contributed by atoms with Gasteiger partial charge in [-0.25, -0.2) is 4.98 Å². The number of pyridine rings is 1. The van der Waals surface area contributed by atoms with Crippen molar-refractivity contribution in [2.24, 2.45) is 0 Å². The molecule has 0 bridgehead atoms. The van der Waals surface area contributed by atoms with E-state index < -0.39 is 11.7 Å². The number of halogens is 3. The number of anilines is 1. The first-order chi connectivity index (χ1) is 7.49. The van der Waals surface area contributed by atoms with E-state index in [1.54, 1.807) is 11.8 Å². The van der Waals surface area contributed by atoms with Gasteiger partial charge < -0.3 is 10.0 Å². The van der Waals surface area contributed by atoms with E-state index in [4.69, 9.17) is 5.11 Å². The van der Waals surface area contributed by atoms with Gasteiger partial charge in [-0.15, -0.1) is 0 Å². The summed E-state index contributed by atoms with van der Waals surface area (Å²) in [7, 11) is 0. The van der Waals surface area contributed by atoms with Gasteiger partial charge in [-0.2, -0.15) is 13.2 Å². The van der Waals surface area contributed by atoms with Crippen molar-refractivity contribution in [3.05, 3.63) is 23.9 Å². The Balaban J connectivity index is 2.97. The lowest BCUT2D eigenvalue weighted by atomic mass is 10.2. The van der Waals surface area contributed by atoms with E-state index in [1.165, 1.54) is 0 Å². The fourth-order valence-corrected chi connectivity index (χ4v) is 1.32. The molecule has 1 rings (SSSR count). The highest BCUT2D eigenvalue weighted by molar-refractivity contribution is 5.41. The zero-order valence-electron chi connectivity index (χ0n) is 8.83. The zero-order chi connectivity index (χ0) is 12.2. The third-order valence-corrected chi connectivity index (χ3v) is 2.15. The second kappa shape index (κ2) is 5.16. The van der Waals surface area contributed by atoms with Crippen LogP contribution < -0.4 is 4.90 Å². The molecule has 0 saturated carbocycles. The molecule has 0 atom stereocenters. The van der Waals surface area contributed by atoms with Crippen molar-refractivity contribution in [1.82, 2.24) is 4.98 Å². The number of rotatable bonds is 4. The highest BCUT2D eigenvalue weighted by Gasteiger charge is 2.31. The Morgan fingerprint density at radius 1 is 1.44 bits per heavy atom. The van der Waals surface area contributed by atoms with Gasteiger partial charge in [0.15, 0.2) is 0 Å². The number of hydrogen-bond donors (Lipinski definition) is 1. The van der Waals surface area contributed by atoms with Gasteiger partial charge in [-0.1, -0.05) is 0 Å². The molecule has 0 aliphatic heterocycles. The molecule has 1 aromatic heterocycles. The molecule has 0 fully saturated rings. The van der Waals surface area contributed by atoms with E-state index in [-0.39, 0.29) is 19.0 Å². The normalized spacial score (nSPS) is 11.6. The first kappa shape index (κ1) is 12.8. The molecule has 0 aliphatic carbocycles. The quantitative estimate of drug-likeness (QED) is 0.864. The van der Waals surface area contributed by atoms with Crippen LogP contribution in [0.25, 0.3) is 0 Å². The summed E-state index contributed by atoms with van der Waals surface area (Å²) in [5.74, 6) is 0.228. The van der Waals surface area contributed by atoms with Crippen molar-refractivity contribution >= 4 is 5.82 Å². The minimum Gasteiger partial charge on any atom is -0.395 e. The van der Waals surface area contributed by atoms with Crippen LogP contribution in [0.2, 0.25) is 0 Å². The Morgan fingerprint density at radius 3 is 2.62 bits per heavy atom. The second-order valence-electron chi connectivity index (χ2n) is 3.20. The van der Waals surface area contributed by atoms with Gasteiger partial charge in [0.05, 0.1) is 12.2 Å². The van der Waals surface area contributed by atoms with Gasteiger partial charge in [-0.05, 0) is 19.1 Å². The van der Waals surface area contributed by atoms with Gasteiger partial charge in [0.2, 0.25) is 0 Å². The Labute approximate surface area is 91.5 Å². The molecule has 1 heterocycles. The van der Waals surface area contributed by atoms with E-state index >= 15 is 0 Å². The van der Waals surface area contributed by atoms with E-state index in [9.17, 15) is 13.2 Å². The van der Waals surface area contributed by atoms with E-state index in [2.05, 4.69) is 4.98 Å². The summed E-state index contributed by atoms with van der Waals surface area (Å²) in [6, 6.07) is 1.91. The lowest BCUT2D eigenvalue weighted by Crippen LogP contribution is -2.27. The highest BCUT2D eigenvalue weighted by Crippen LogP contribution is 2.30. The number of aliphatic hydroxyl groups is 1. The molecule has 0 saturated heterocycles. The van der Waals surface area contributed by atoms with Crippen LogP contribution >= 0.6 is 0 Å². The standard InChI is InChI=1S/C10H13F3N2O/c1-2-15(5-6-16)9-7-8(3-4-14-9)10(11,12)13/h3-4,7,16H,2,5-6H2,1H3. The lowest BCUT2D eigenvalue weighted by molar-refractivity contribution is -0.137. The molecular formula is C10H13F3N2O. The largest absolute Gasteiger partial charge is 0.416 e. The molecule has 0 spiro atoms. The van der Waals surface area contributed by atoms with Crippen molar-refractivity contribution in [3.63, 3.8) is 0 Å². The summed E-state index contributed by atoms with van der Waals surface area (Å²) in [5.41, 5.74) is -0.728. The van der Waals surface area contributed by atoms with Gasteiger partial charge in [0.1, 0.15) is 5.82 Å². The molecule has 16 heavy (non-hydrogen) atoms. The third kappa shape index (κ3) is 3.10. The molecule has 0 unspecified atom stereocenters. The maximum Gasteiger partial charge on any atom is 0.416 e. The topological polar surface area (TPSA) is 36.4 Å². The molecule has 90 valence electrons. The Morgan fingerprint density at radius 2 is 2.12 bits per heavy atom. The first-order valence-electron chi connectivity index (χ1n) is 4.88. The van der Waals surface area contributed by atoms with Crippen LogP contribution in [0.4, 0.5) is 19.0 Å². The van der Waals surface area contributed by atoms with Gasteiger partial charge >= 0.3 is 6.18 Å². The van der Waals surface area contributed by atoms with Gasteiger partial charge in [0.25, 0.3) is 0 Å².